The maximum Gasteiger partial charge on any atom is 0.319 e. The van der Waals surface area contributed by atoms with Gasteiger partial charge in [-0.25, -0.2) is 9.18 Å². The second kappa shape index (κ2) is 9.80. The molecule has 2 aromatic rings. The number of aryl methyl sites for hydroxylation is 1. The molecule has 1 fully saturated rings. The number of anilines is 1. The van der Waals surface area contributed by atoms with Crippen LogP contribution in [0.25, 0.3) is 0 Å². The fraction of sp³-hybridized carbons (Fsp3) is 0.375. The zero-order valence-corrected chi connectivity index (χ0v) is 18.0. The number of urea groups is 1. The van der Waals surface area contributed by atoms with E-state index in [0.717, 1.165) is 24.1 Å². The quantitative estimate of drug-likeness (QED) is 0.747. The number of carbonyl (C=O) groups is 2. The standard InChI is InChI=1S/C24H27FN4O3/c1-16-7-9-20(10-8-16)27-24(31)26-14-17-4-3-11-29(15-17)23(30)22-13-21(28-32-22)18-5-2-6-19(25)12-18/h2,5-10,12,17,22H,3-4,11,13-15H2,1H3,(H2,26,27,31). The monoisotopic (exact) mass is 438 g/mol. The van der Waals surface area contributed by atoms with Crippen LogP contribution < -0.4 is 10.6 Å². The minimum atomic E-state index is -0.690. The molecule has 2 unspecified atom stereocenters. The first kappa shape index (κ1) is 21.8. The van der Waals surface area contributed by atoms with Crippen LogP contribution in [0.2, 0.25) is 0 Å². The normalized spacial score (nSPS) is 20.3. The highest BCUT2D eigenvalue weighted by molar-refractivity contribution is 6.04. The molecule has 0 bridgehead atoms. The fourth-order valence-corrected chi connectivity index (χ4v) is 4.03. The Morgan fingerprint density at radius 3 is 2.81 bits per heavy atom. The average Bonchev–Trinajstić information content (AvgIpc) is 3.29. The molecule has 32 heavy (non-hydrogen) atoms. The van der Waals surface area contributed by atoms with Crippen molar-refractivity contribution in [2.24, 2.45) is 11.1 Å². The summed E-state index contributed by atoms with van der Waals surface area (Å²) in [5.41, 5.74) is 3.06. The first-order chi connectivity index (χ1) is 15.5. The summed E-state index contributed by atoms with van der Waals surface area (Å²) in [6, 6.07) is 13.5. The highest BCUT2D eigenvalue weighted by Crippen LogP contribution is 2.22. The van der Waals surface area contributed by atoms with Gasteiger partial charge in [0.05, 0.1) is 5.71 Å². The Labute approximate surface area is 186 Å². The van der Waals surface area contributed by atoms with Crippen molar-refractivity contribution in [2.45, 2.75) is 32.3 Å². The van der Waals surface area contributed by atoms with Crippen LogP contribution in [0.15, 0.2) is 53.7 Å². The summed E-state index contributed by atoms with van der Waals surface area (Å²) in [4.78, 5) is 32.3. The van der Waals surface area contributed by atoms with E-state index in [-0.39, 0.29) is 23.7 Å². The molecule has 2 N–H and O–H groups in total. The lowest BCUT2D eigenvalue weighted by Crippen LogP contribution is -2.47. The topological polar surface area (TPSA) is 83.0 Å². The molecule has 7 nitrogen and oxygen atoms in total. The number of piperidine rings is 1. The predicted molar refractivity (Wildman–Crippen MR) is 120 cm³/mol. The van der Waals surface area contributed by atoms with Crippen molar-refractivity contribution in [1.29, 1.82) is 0 Å². The van der Waals surface area contributed by atoms with Crippen molar-refractivity contribution >= 4 is 23.3 Å². The SMILES string of the molecule is Cc1ccc(NC(=O)NCC2CCCN(C(=O)C3CC(c4cccc(F)c4)=NO3)C2)cc1. The third-order valence-electron chi connectivity index (χ3n) is 5.79. The van der Waals surface area contributed by atoms with Gasteiger partial charge in [-0.1, -0.05) is 35.0 Å². The van der Waals surface area contributed by atoms with Gasteiger partial charge in [-0.3, -0.25) is 4.79 Å². The molecule has 2 aliphatic heterocycles. The molecular formula is C24H27FN4O3. The number of nitrogens with one attached hydrogen (secondary N) is 2. The molecule has 2 aromatic carbocycles. The molecule has 1 saturated heterocycles. The number of carbonyl (C=O) groups excluding carboxylic acids is 2. The van der Waals surface area contributed by atoms with E-state index in [9.17, 15) is 14.0 Å². The highest BCUT2D eigenvalue weighted by atomic mass is 19.1. The van der Waals surface area contributed by atoms with Gasteiger partial charge in [0.2, 0.25) is 6.10 Å². The minimum absolute atomic E-state index is 0.117. The molecule has 0 aliphatic carbocycles. The summed E-state index contributed by atoms with van der Waals surface area (Å²) in [6.45, 7) is 3.68. The van der Waals surface area contributed by atoms with Crippen LogP contribution in [-0.2, 0) is 9.63 Å². The maximum absolute atomic E-state index is 13.5. The molecule has 2 heterocycles. The van der Waals surface area contributed by atoms with E-state index in [1.165, 1.54) is 12.1 Å². The van der Waals surface area contributed by atoms with Gasteiger partial charge in [0.25, 0.3) is 5.91 Å². The van der Waals surface area contributed by atoms with Crippen molar-refractivity contribution in [3.8, 4) is 0 Å². The summed E-state index contributed by atoms with van der Waals surface area (Å²) in [5, 5.41) is 9.73. The zero-order chi connectivity index (χ0) is 22.5. The average molecular weight is 439 g/mol. The molecule has 168 valence electrons. The van der Waals surface area contributed by atoms with Crippen LogP contribution in [0.1, 0.15) is 30.4 Å². The molecule has 0 aromatic heterocycles. The van der Waals surface area contributed by atoms with E-state index < -0.39 is 6.10 Å². The lowest BCUT2D eigenvalue weighted by molar-refractivity contribution is -0.143. The van der Waals surface area contributed by atoms with Crippen molar-refractivity contribution in [3.63, 3.8) is 0 Å². The molecule has 0 radical (unpaired) electrons. The molecule has 2 aliphatic rings. The molecule has 0 spiro atoms. The molecule has 0 saturated carbocycles. The van der Waals surface area contributed by atoms with Gasteiger partial charge in [0, 0.05) is 37.3 Å². The summed E-state index contributed by atoms with van der Waals surface area (Å²) in [7, 11) is 0. The Bertz CT molecular complexity index is 1010. The first-order valence-corrected chi connectivity index (χ1v) is 10.9. The number of rotatable bonds is 5. The summed E-state index contributed by atoms with van der Waals surface area (Å²) >= 11 is 0. The van der Waals surface area contributed by atoms with E-state index in [1.54, 1.807) is 17.0 Å². The molecule has 3 amide bonds. The molecule has 2 atom stereocenters. The van der Waals surface area contributed by atoms with Gasteiger partial charge in [-0.2, -0.15) is 0 Å². The van der Waals surface area contributed by atoms with Crippen LogP contribution in [-0.4, -0.2) is 48.3 Å². The predicted octanol–water partition coefficient (Wildman–Crippen LogP) is 3.69. The zero-order valence-electron chi connectivity index (χ0n) is 18.0. The minimum Gasteiger partial charge on any atom is -0.382 e. The number of hydrogen-bond donors (Lipinski definition) is 2. The second-order valence-electron chi connectivity index (χ2n) is 8.34. The van der Waals surface area contributed by atoms with Gasteiger partial charge >= 0.3 is 6.03 Å². The Balaban J connectivity index is 1.25. The second-order valence-corrected chi connectivity index (χ2v) is 8.34. The van der Waals surface area contributed by atoms with Crippen LogP contribution in [0, 0.1) is 18.7 Å². The van der Waals surface area contributed by atoms with Crippen LogP contribution in [0.4, 0.5) is 14.9 Å². The molecule has 8 heteroatoms. The van der Waals surface area contributed by atoms with E-state index in [0.29, 0.717) is 37.3 Å². The van der Waals surface area contributed by atoms with Crippen molar-refractivity contribution < 1.29 is 18.8 Å². The third-order valence-corrected chi connectivity index (χ3v) is 5.79. The Kier molecular flexibility index (Phi) is 6.68. The number of benzene rings is 2. The van der Waals surface area contributed by atoms with Gasteiger partial charge < -0.3 is 20.4 Å². The third kappa shape index (κ3) is 5.43. The van der Waals surface area contributed by atoms with Crippen molar-refractivity contribution in [2.75, 3.05) is 25.0 Å². The number of halogens is 1. The van der Waals surface area contributed by atoms with E-state index >= 15 is 0 Å². The van der Waals surface area contributed by atoms with Crippen LogP contribution >= 0.6 is 0 Å². The lowest BCUT2D eigenvalue weighted by Gasteiger charge is -2.33. The van der Waals surface area contributed by atoms with E-state index in [1.807, 2.05) is 31.2 Å². The smallest absolute Gasteiger partial charge is 0.319 e. The van der Waals surface area contributed by atoms with Crippen LogP contribution in [0.5, 0.6) is 0 Å². The Hall–Kier alpha value is -3.42. The van der Waals surface area contributed by atoms with Gasteiger partial charge in [-0.05, 0) is 49.9 Å². The first-order valence-electron chi connectivity index (χ1n) is 10.9. The summed E-state index contributed by atoms with van der Waals surface area (Å²) in [5.74, 6) is -0.298. The number of hydrogen-bond acceptors (Lipinski definition) is 4. The Morgan fingerprint density at radius 2 is 2.03 bits per heavy atom. The van der Waals surface area contributed by atoms with Gasteiger partial charge in [0.15, 0.2) is 0 Å². The largest absolute Gasteiger partial charge is 0.382 e. The Morgan fingerprint density at radius 1 is 1.22 bits per heavy atom. The van der Waals surface area contributed by atoms with Crippen molar-refractivity contribution in [3.05, 3.63) is 65.5 Å². The van der Waals surface area contributed by atoms with Gasteiger partial charge in [0.1, 0.15) is 5.82 Å². The van der Waals surface area contributed by atoms with E-state index in [2.05, 4.69) is 15.8 Å². The van der Waals surface area contributed by atoms with Crippen molar-refractivity contribution in [1.82, 2.24) is 10.2 Å². The number of nitrogens with zero attached hydrogens (tertiary/aromatic N) is 2. The van der Waals surface area contributed by atoms with Crippen LogP contribution in [0.3, 0.4) is 0 Å². The van der Waals surface area contributed by atoms with E-state index in [4.69, 9.17) is 4.84 Å². The molecular weight excluding hydrogens is 411 g/mol. The summed E-state index contributed by atoms with van der Waals surface area (Å²) < 4.78 is 13.5. The lowest BCUT2D eigenvalue weighted by atomic mass is 9.97. The number of likely N-dealkylation sites (tertiary alicyclic amines) is 1. The fourth-order valence-electron chi connectivity index (χ4n) is 4.03. The highest BCUT2D eigenvalue weighted by Gasteiger charge is 2.34. The maximum atomic E-state index is 13.5. The number of oxime groups is 1. The summed E-state index contributed by atoms with van der Waals surface area (Å²) in [6.07, 6.45) is 1.43. The number of amides is 3. The van der Waals surface area contributed by atoms with Gasteiger partial charge in [-0.15, -0.1) is 0 Å². The molecule has 4 rings (SSSR count).